The van der Waals surface area contributed by atoms with Gasteiger partial charge in [-0.15, -0.1) is 5.75 Å². The fourth-order valence-corrected chi connectivity index (χ4v) is 5.10. The molecule has 6 nitrogen and oxygen atoms in total. The molecule has 5 rings (SSSR count). The number of nitrogens with zero attached hydrogens (tertiary/aromatic N) is 2. The summed E-state index contributed by atoms with van der Waals surface area (Å²) in [4.78, 5) is 13.9. The predicted molar refractivity (Wildman–Crippen MR) is 115 cm³/mol. The van der Waals surface area contributed by atoms with Crippen LogP contribution in [-0.4, -0.2) is 29.8 Å². The molecule has 3 aromatic rings. The zero-order valence-corrected chi connectivity index (χ0v) is 17.1. The molecule has 1 aliphatic heterocycles. The zero-order valence-electron chi connectivity index (χ0n) is 17.1. The van der Waals surface area contributed by atoms with Crippen molar-refractivity contribution < 1.29 is 14.8 Å². The van der Waals surface area contributed by atoms with Gasteiger partial charge in [-0.1, -0.05) is 35.9 Å². The van der Waals surface area contributed by atoms with Crippen LogP contribution in [0.3, 0.4) is 0 Å². The van der Waals surface area contributed by atoms with Gasteiger partial charge in [0.1, 0.15) is 6.04 Å². The lowest BCUT2D eigenvalue weighted by molar-refractivity contribution is -0.929. The largest absolute Gasteiger partial charge is 0.872 e. The molecular formula is C24H26N4O2. The first-order valence-electron chi connectivity index (χ1n) is 10.7. The van der Waals surface area contributed by atoms with Gasteiger partial charge in [0.05, 0.1) is 25.0 Å². The van der Waals surface area contributed by atoms with Crippen molar-refractivity contribution in [2.75, 3.05) is 13.1 Å². The van der Waals surface area contributed by atoms with E-state index in [2.05, 4.69) is 40.2 Å². The first kappa shape index (κ1) is 18.9. The quantitative estimate of drug-likeness (QED) is 0.512. The van der Waals surface area contributed by atoms with Crippen LogP contribution in [0, 0.1) is 6.92 Å². The van der Waals surface area contributed by atoms with E-state index in [-0.39, 0.29) is 11.7 Å². The number of hydrazone groups is 1. The van der Waals surface area contributed by atoms with Gasteiger partial charge in [0, 0.05) is 17.3 Å². The van der Waals surface area contributed by atoms with E-state index >= 15 is 0 Å². The van der Waals surface area contributed by atoms with E-state index in [1.165, 1.54) is 51.2 Å². The molecule has 0 spiro atoms. The van der Waals surface area contributed by atoms with Gasteiger partial charge in [0.15, 0.2) is 6.54 Å². The van der Waals surface area contributed by atoms with E-state index < -0.39 is 0 Å². The van der Waals surface area contributed by atoms with Crippen molar-refractivity contribution in [1.82, 2.24) is 9.99 Å². The molecule has 0 bridgehead atoms. The Balaban J connectivity index is 1.32. The van der Waals surface area contributed by atoms with Gasteiger partial charge < -0.3 is 14.6 Å². The number of quaternary nitrogens is 1. The van der Waals surface area contributed by atoms with Gasteiger partial charge >= 0.3 is 0 Å². The van der Waals surface area contributed by atoms with Gasteiger partial charge in [-0.05, 0) is 43.0 Å². The average molecular weight is 402 g/mol. The lowest BCUT2D eigenvalue weighted by atomic mass is 9.89. The number of rotatable bonds is 4. The van der Waals surface area contributed by atoms with Crippen LogP contribution >= 0.6 is 0 Å². The first-order chi connectivity index (χ1) is 14.6. The number of aryl methyl sites for hydroxylation is 2. The van der Waals surface area contributed by atoms with Crippen LogP contribution in [0.4, 0.5) is 0 Å². The van der Waals surface area contributed by atoms with Crippen molar-refractivity contribution in [1.29, 1.82) is 0 Å². The summed E-state index contributed by atoms with van der Waals surface area (Å²) in [6.07, 6.45) is 4.99. The summed E-state index contributed by atoms with van der Waals surface area (Å²) in [7, 11) is 0. The van der Waals surface area contributed by atoms with E-state index in [1.807, 2.05) is 0 Å². The van der Waals surface area contributed by atoms with Crippen LogP contribution < -0.4 is 15.4 Å². The third-order valence-electron chi connectivity index (χ3n) is 6.44. The molecule has 0 saturated heterocycles. The second kappa shape index (κ2) is 7.61. The Morgan fingerprint density at radius 1 is 1.30 bits per heavy atom. The van der Waals surface area contributed by atoms with Crippen LogP contribution in [0.2, 0.25) is 0 Å². The third-order valence-corrected chi connectivity index (χ3v) is 6.44. The number of aromatic nitrogens is 1. The molecule has 0 radical (unpaired) electrons. The highest BCUT2D eigenvalue weighted by atomic mass is 16.3. The topological polar surface area (TPSA) is 73.9 Å². The molecule has 2 atom stereocenters. The molecule has 1 aromatic heterocycles. The van der Waals surface area contributed by atoms with Crippen LogP contribution in [0.5, 0.6) is 5.75 Å². The smallest absolute Gasteiger partial charge is 0.295 e. The van der Waals surface area contributed by atoms with Gasteiger partial charge in [-0.3, -0.25) is 4.79 Å². The maximum atomic E-state index is 12.5. The molecule has 0 saturated carbocycles. The number of amides is 1. The molecule has 2 heterocycles. The van der Waals surface area contributed by atoms with Gasteiger partial charge in [0.2, 0.25) is 0 Å². The van der Waals surface area contributed by atoms with E-state index in [0.717, 1.165) is 31.5 Å². The number of benzene rings is 2. The Hall–Kier alpha value is -3.12. The summed E-state index contributed by atoms with van der Waals surface area (Å²) in [6.45, 7) is 4.46. The highest BCUT2D eigenvalue weighted by Gasteiger charge is 2.38. The van der Waals surface area contributed by atoms with Crippen molar-refractivity contribution in [2.45, 2.75) is 38.8 Å². The Bertz CT molecular complexity index is 1130. The molecule has 2 unspecified atom stereocenters. The average Bonchev–Trinajstić information content (AvgIpc) is 3.06. The molecule has 1 amide bonds. The minimum Gasteiger partial charge on any atom is -0.872 e. The second-order valence-electron chi connectivity index (χ2n) is 8.43. The van der Waals surface area contributed by atoms with Crippen molar-refractivity contribution in [3.63, 3.8) is 0 Å². The first-order valence-corrected chi connectivity index (χ1v) is 10.7. The fourth-order valence-electron chi connectivity index (χ4n) is 5.10. The molecule has 1 aliphatic carbocycles. The highest BCUT2D eigenvalue weighted by molar-refractivity contribution is 5.87. The molecule has 30 heavy (non-hydrogen) atoms. The third kappa shape index (κ3) is 3.37. The second-order valence-corrected chi connectivity index (χ2v) is 8.43. The lowest BCUT2D eigenvalue weighted by Crippen LogP contribution is -3.14. The summed E-state index contributed by atoms with van der Waals surface area (Å²) in [5.41, 5.74) is 9.02. The normalized spacial score (nSPS) is 20.4. The Morgan fingerprint density at radius 2 is 2.13 bits per heavy atom. The summed E-state index contributed by atoms with van der Waals surface area (Å²) < 4.78 is 2.49. The van der Waals surface area contributed by atoms with Gasteiger partial charge in [0.25, 0.3) is 5.91 Å². The Labute approximate surface area is 175 Å². The van der Waals surface area contributed by atoms with E-state index in [0.29, 0.717) is 12.6 Å². The monoisotopic (exact) mass is 402 g/mol. The minimum atomic E-state index is -0.0748. The van der Waals surface area contributed by atoms with Crippen molar-refractivity contribution in [3.05, 3.63) is 64.8 Å². The van der Waals surface area contributed by atoms with Crippen LogP contribution in [-0.2, 0) is 17.8 Å². The fraction of sp³-hybridized carbons (Fsp3) is 0.333. The van der Waals surface area contributed by atoms with E-state index in [1.54, 1.807) is 18.3 Å². The number of hydrogen-bond acceptors (Lipinski definition) is 3. The maximum Gasteiger partial charge on any atom is 0.295 e. The highest BCUT2D eigenvalue weighted by Crippen LogP contribution is 2.37. The predicted octanol–water partition coefficient (Wildman–Crippen LogP) is 1.45. The zero-order chi connectivity index (χ0) is 20.7. The van der Waals surface area contributed by atoms with Crippen LogP contribution in [0.1, 0.15) is 41.3 Å². The summed E-state index contributed by atoms with van der Waals surface area (Å²) >= 11 is 0. The van der Waals surface area contributed by atoms with Crippen molar-refractivity contribution in [3.8, 4) is 5.75 Å². The molecule has 154 valence electrons. The number of fused-ring (bicyclic) bond motifs is 3. The van der Waals surface area contributed by atoms with Gasteiger partial charge in [-0.2, -0.15) is 5.10 Å². The molecular weight excluding hydrogens is 376 g/mol. The van der Waals surface area contributed by atoms with Crippen molar-refractivity contribution in [2.24, 2.45) is 5.10 Å². The van der Waals surface area contributed by atoms with Crippen molar-refractivity contribution >= 4 is 23.0 Å². The Morgan fingerprint density at radius 3 is 2.97 bits per heavy atom. The Kier molecular flexibility index (Phi) is 4.79. The van der Waals surface area contributed by atoms with Crippen LogP contribution in [0.15, 0.2) is 47.6 Å². The SMILES string of the molecule is Cc1ccc2c(c1)c1c3n2CC[NH+](CC(=O)NN=Cc2ccc([O-])cc2)C3CCC1. The number of carbonyl (C=O) groups is 1. The summed E-state index contributed by atoms with van der Waals surface area (Å²) in [5, 5.41) is 16.6. The van der Waals surface area contributed by atoms with Crippen LogP contribution in [0.25, 0.3) is 10.9 Å². The van der Waals surface area contributed by atoms with E-state index in [4.69, 9.17) is 0 Å². The molecule has 2 aromatic carbocycles. The molecule has 2 aliphatic rings. The lowest BCUT2D eigenvalue weighted by Gasteiger charge is -2.36. The maximum absolute atomic E-state index is 12.5. The molecule has 0 fully saturated rings. The number of hydrogen-bond donors (Lipinski definition) is 2. The molecule has 6 heteroatoms. The molecule has 2 N–H and O–H groups in total. The summed E-state index contributed by atoms with van der Waals surface area (Å²) in [6, 6.07) is 13.5. The summed E-state index contributed by atoms with van der Waals surface area (Å²) in [5.74, 6) is -0.112. The standard InChI is InChI=1S/C24H26N4O2/c1-16-5-10-21-20(13-16)19-3-2-4-22-24(19)28(21)12-11-27(22)15-23(30)26-25-14-17-6-8-18(29)9-7-17/h5-10,13-14,22,29H,2-4,11-12,15H2,1H3,(H,26,30). The number of carbonyl (C=O) groups excluding carboxylic acids is 1. The number of nitrogens with one attached hydrogen (secondary N) is 2. The van der Waals surface area contributed by atoms with E-state index in [9.17, 15) is 9.90 Å². The minimum absolute atomic E-state index is 0.0377. The van der Waals surface area contributed by atoms with Gasteiger partial charge in [-0.25, -0.2) is 5.43 Å².